The van der Waals surface area contributed by atoms with Gasteiger partial charge in [0.15, 0.2) is 0 Å². The Morgan fingerprint density at radius 1 is 1.30 bits per heavy atom. The summed E-state index contributed by atoms with van der Waals surface area (Å²) in [6.45, 7) is 6.68. The molecular formula is C23H30ClN3O3. The summed E-state index contributed by atoms with van der Waals surface area (Å²) >= 11 is 6.16. The van der Waals surface area contributed by atoms with Crippen LogP contribution in [0.2, 0.25) is 5.02 Å². The highest BCUT2D eigenvalue weighted by Crippen LogP contribution is 2.56. The Morgan fingerprint density at radius 2 is 2.00 bits per heavy atom. The number of carbonyl (C=O) groups excluding carboxylic acids is 1. The van der Waals surface area contributed by atoms with E-state index in [9.17, 15) is 9.90 Å². The standard InChI is InChI=1S/C23H30ClN3O3/c1-22(2,3)30-21(29)26-12-9-16-15-25-27(13-14-28)19(16)20(26)23(10-4-11-23)17-5-7-18(24)8-6-17/h5-8,15,20,28H,4,9-14H2,1-3H3. The first-order valence-corrected chi connectivity index (χ1v) is 11.0. The number of nitrogens with zero attached hydrogens (tertiary/aromatic N) is 3. The van der Waals surface area contributed by atoms with Crippen LogP contribution in [0.5, 0.6) is 0 Å². The van der Waals surface area contributed by atoms with Crippen molar-refractivity contribution in [1.29, 1.82) is 0 Å². The maximum atomic E-state index is 13.3. The molecule has 0 saturated heterocycles. The van der Waals surface area contributed by atoms with Crippen LogP contribution in [0.1, 0.15) is 62.9 Å². The third kappa shape index (κ3) is 3.71. The zero-order valence-corrected chi connectivity index (χ0v) is 18.7. The number of aliphatic hydroxyl groups excluding tert-OH is 1. The summed E-state index contributed by atoms with van der Waals surface area (Å²) < 4.78 is 7.67. The van der Waals surface area contributed by atoms with Crippen LogP contribution in [-0.2, 0) is 23.1 Å². The molecule has 1 amide bonds. The number of hydrogen-bond donors (Lipinski definition) is 1. The fourth-order valence-electron chi connectivity index (χ4n) is 4.87. The average molecular weight is 432 g/mol. The lowest BCUT2D eigenvalue weighted by molar-refractivity contribution is -0.0103. The van der Waals surface area contributed by atoms with Gasteiger partial charge in [-0.1, -0.05) is 30.2 Å². The molecule has 1 aromatic heterocycles. The monoisotopic (exact) mass is 431 g/mol. The SMILES string of the molecule is CC(C)(C)OC(=O)N1CCc2cnn(CCO)c2C1C1(c2ccc(Cl)cc2)CCC1. The van der Waals surface area contributed by atoms with Crippen LogP contribution in [0.15, 0.2) is 30.5 Å². The molecule has 0 radical (unpaired) electrons. The normalized spacial score (nSPS) is 20.4. The summed E-state index contributed by atoms with van der Waals surface area (Å²) in [5, 5.41) is 14.8. The van der Waals surface area contributed by atoms with Gasteiger partial charge in [0.2, 0.25) is 0 Å². The van der Waals surface area contributed by atoms with Gasteiger partial charge in [-0.15, -0.1) is 0 Å². The van der Waals surface area contributed by atoms with Crippen LogP contribution >= 0.6 is 11.6 Å². The van der Waals surface area contributed by atoms with Crippen LogP contribution in [-0.4, -0.2) is 44.6 Å². The number of aromatic nitrogens is 2. The van der Waals surface area contributed by atoms with Crippen molar-refractivity contribution in [2.45, 2.75) is 70.1 Å². The van der Waals surface area contributed by atoms with Gasteiger partial charge >= 0.3 is 6.09 Å². The summed E-state index contributed by atoms with van der Waals surface area (Å²) in [6, 6.07) is 7.80. The van der Waals surface area contributed by atoms with Crippen molar-refractivity contribution in [2.24, 2.45) is 0 Å². The highest BCUT2D eigenvalue weighted by atomic mass is 35.5. The van der Waals surface area contributed by atoms with Gasteiger partial charge in [0.25, 0.3) is 0 Å². The highest BCUT2D eigenvalue weighted by molar-refractivity contribution is 6.30. The molecule has 2 aliphatic rings. The minimum absolute atomic E-state index is 0.00121. The zero-order chi connectivity index (χ0) is 21.5. The number of ether oxygens (including phenoxy) is 1. The second-order valence-corrected chi connectivity index (χ2v) is 9.78. The number of benzene rings is 1. The predicted molar refractivity (Wildman–Crippen MR) is 116 cm³/mol. The minimum atomic E-state index is -0.569. The first-order chi connectivity index (χ1) is 14.2. The van der Waals surface area contributed by atoms with Gasteiger partial charge in [-0.25, -0.2) is 4.79 Å². The van der Waals surface area contributed by atoms with E-state index in [0.717, 1.165) is 36.9 Å². The second-order valence-electron chi connectivity index (χ2n) is 9.34. The molecule has 1 fully saturated rings. The highest BCUT2D eigenvalue weighted by Gasteiger charge is 2.53. The van der Waals surface area contributed by atoms with Gasteiger partial charge in [-0.05, 0) is 63.3 Å². The molecule has 4 rings (SSSR count). The Hall–Kier alpha value is -2.05. The summed E-state index contributed by atoms with van der Waals surface area (Å²) in [7, 11) is 0. The van der Waals surface area contributed by atoms with Crippen molar-refractivity contribution >= 4 is 17.7 Å². The van der Waals surface area contributed by atoms with E-state index in [1.165, 1.54) is 5.56 Å². The lowest BCUT2D eigenvalue weighted by Gasteiger charge is -2.53. The molecule has 7 heteroatoms. The summed E-state index contributed by atoms with van der Waals surface area (Å²) in [5.74, 6) is 0. The molecule has 2 heterocycles. The van der Waals surface area contributed by atoms with Crippen LogP contribution in [0.25, 0.3) is 0 Å². The smallest absolute Gasteiger partial charge is 0.410 e. The Labute approximate surface area is 182 Å². The van der Waals surface area contributed by atoms with Gasteiger partial charge in [0.1, 0.15) is 5.60 Å². The lowest BCUT2D eigenvalue weighted by atomic mass is 9.58. The van der Waals surface area contributed by atoms with E-state index >= 15 is 0 Å². The molecule has 1 unspecified atom stereocenters. The van der Waals surface area contributed by atoms with Crippen molar-refractivity contribution in [3.63, 3.8) is 0 Å². The van der Waals surface area contributed by atoms with Crippen LogP contribution in [0.3, 0.4) is 0 Å². The van der Waals surface area contributed by atoms with E-state index in [-0.39, 0.29) is 24.2 Å². The largest absolute Gasteiger partial charge is 0.444 e. The van der Waals surface area contributed by atoms with E-state index in [2.05, 4.69) is 17.2 Å². The lowest BCUT2D eigenvalue weighted by Crippen LogP contribution is -2.54. The Morgan fingerprint density at radius 3 is 2.57 bits per heavy atom. The molecule has 1 atom stereocenters. The number of amides is 1. The Bertz CT molecular complexity index is 913. The maximum absolute atomic E-state index is 13.3. The van der Waals surface area contributed by atoms with Crippen molar-refractivity contribution in [3.8, 4) is 0 Å². The molecule has 162 valence electrons. The van der Waals surface area contributed by atoms with E-state index in [0.29, 0.717) is 18.1 Å². The molecule has 0 bridgehead atoms. The fraction of sp³-hybridized carbons (Fsp3) is 0.565. The number of hydrogen-bond acceptors (Lipinski definition) is 4. The molecule has 1 aliphatic heterocycles. The van der Waals surface area contributed by atoms with E-state index in [1.54, 1.807) is 0 Å². The third-order valence-corrected chi connectivity index (χ3v) is 6.53. The van der Waals surface area contributed by atoms with Gasteiger partial charge < -0.3 is 9.84 Å². The number of halogens is 1. The fourth-order valence-corrected chi connectivity index (χ4v) is 5.00. The molecule has 30 heavy (non-hydrogen) atoms. The van der Waals surface area contributed by atoms with Gasteiger partial charge in [0.05, 0.1) is 31.1 Å². The maximum Gasteiger partial charge on any atom is 0.410 e. The summed E-state index contributed by atoms with van der Waals surface area (Å²) in [4.78, 5) is 15.2. The molecule has 1 aliphatic carbocycles. The number of aliphatic hydroxyl groups is 1. The van der Waals surface area contributed by atoms with Crippen molar-refractivity contribution in [1.82, 2.24) is 14.7 Å². The number of fused-ring (bicyclic) bond motifs is 1. The number of carbonyl (C=O) groups is 1. The molecular weight excluding hydrogens is 402 g/mol. The van der Waals surface area contributed by atoms with Crippen LogP contribution in [0, 0.1) is 0 Å². The van der Waals surface area contributed by atoms with Crippen LogP contribution < -0.4 is 0 Å². The molecule has 1 N–H and O–H groups in total. The van der Waals surface area contributed by atoms with Gasteiger partial charge in [0, 0.05) is 17.0 Å². The molecule has 1 aromatic carbocycles. The van der Waals surface area contributed by atoms with E-state index in [4.69, 9.17) is 16.3 Å². The first kappa shape index (κ1) is 21.2. The molecule has 2 aromatic rings. The Balaban J connectivity index is 1.83. The van der Waals surface area contributed by atoms with Crippen molar-refractivity contribution in [2.75, 3.05) is 13.2 Å². The topological polar surface area (TPSA) is 67.6 Å². The van der Waals surface area contributed by atoms with E-state index in [1.807, 2.05) is 48.7 Å². The minimum Gasteiger partial charge on any atom is -0.444 e. The van der Waals surface area contributed by atoms with Crippen molar-refractivity contribution in [3.05, 3.63) is 52.3 Å². The molecule has 6 nitrogen and oxygen atoms in total. The van der Waals surface area contributed by atoms with Crippen molar-refractivity contribution < 1.29 is 14.6 Å². The predicted octanol–water partition coefficient (Wildman–Crippen LogP) is 4.49. The summed E-state index contributed by atoms with van der Waals surface area (Å²) in [5.41, 5.74) is 2.56. The second kappa shape index (κ2) is 7.89. The quantitative estimate of drug-likeness (QED) is 0.774. The van der Waals surface area contributed by atoms with Gasteiger partial charge in [-0.3, -0.25) is 9.58 Å². The molecule has 1 saturated carbocycles. The van der Waals surface area contributed by atoms with E-state index < -0.39 is 5.60 Å². The van der Waals surface area contributed by atoms with Crippen LogP contribution in [0.4, 0.5) is 4.79 Å². The van der Waals surface area contributed by atoms with Gasteiger partial charge in [-0.2, -0.15) is 5.10 Å². The first-order valence-electron chi connectivity index (χ1n) is 10.7. The Kier molecular flexibility index (Phi) is 5.58. The molecule has 0 spiro atoms. The average Bonchev–Trinajstić information content (AvgIpc) is 3.04. The third-order valence-electron chi connectivity index (χ3n) is 6.28. The zero-order valence-electron chi connectivity index (χ0n) is 17.9. The number of rotatable bonds is 4. The summed E-state index contributed by atoms with van der Waals surface area (Å²) in [6.07, 6.45) is 5.37.